The molecule has 3 rings (SSSR count). The third-order valence-electron chi connectivity index (χ3n) is 4.44. The highest BCUT2D eigenvalue weighted by molar-refractivity contribution is 5.91. The average Bonchev–Trinajstić information content (AvgIpc) is 2.77. The summed E-state index contributed by atoms with van der Waals surface area (Å²) in [5.74, 6) is -0.0954. The molecule has 0 aliphatic carbocycles. The molecule has 0 fully saturated rings. The maximum atomic E-state index is 12.1. The minimum Gasteiger partial charge on any atom is -0.376 e. The maximum Gasteiger partial charge on any atom is 0.239 e. The van der Waals surface area contributed by atoms with Crippen molar-refractivity contribution in [2.75, 3.05) is 17.2 Å². The molecule has 0 radical (unpaired) electrons. The molecular formula is C24H25N3O2. The van der Waals surface area contributed by atoms with Crippen LogP contribution in [0.4, 0.5) is 11.4 Å². The quantitative estimate of drug-likeness (QED) is 0.520. The van der Waals surface area contributed by atoms with Gasteiger partial charge in [-0.05, 0) is 41.8 Å². The van der Waals surface area contributed by atoms with E-state index in [-0.39, 0.29) is 18.4 Å². The van der Waals surface area contributed by atoms with E-state index in [0.29, 0.717) is 19.4 Å². The Labute approximate surface area is 171 Å². The molecule has 3 N–H and O–H groups in total. The van der Waals surface area contributed by atoms with Crippen molar-refractivity contribution in [2.45, 2.75) is 19.4 Å². The summed E-state index contributed by atoms with van der Waals surface area (Å²) in [6, 6.07) is 27.1. The van der Waals surface area contributed by atoms with Crippen LogP contribution in [0.1, 0.15) is 17.5 Å². The Hall–Kier alpha value is -3.60. The lowest BCUT2D eigenvalue weighted by molar-refractivity contribution is -0.119. The summed E-state index contributed by atoms with van der Waals surface area (Å²) in [7, 11) is 0. The molecule has 0 unspecified atom stereocenters. The van der Waals surface area contributed by atoms with Crippen molar-refractivity contribution >= 4 is 23.2 Å². The first-order chi connectivity index (χ1) is 14.2. The van der Waals surface area contributed by atoms with Crippen molar-refractivity contribution in [3.05, 3.63) is 96.1 Å². The molecule has 29 heavy (non-hydrogen) atoms. The van der Waals surface area contributed by atoms with E-state index in [1.807, 2.05) is 84.9 Å². The lowest BCUT2D eigenvalue weighted by atomic mass is 10.1. The fraction of sp³-hybridized carbons (Fsp3) is 0.167. The molecule has 5 nitrogen and oxygen atoms in total. The second kappa shape index (κ2) is 10.7. The lowest BCUT2D eigenvalue weighted by Crippen LogP contribution is -2.29. The van der Waals surface area contributed by atoms with Crippen molar-refractivity contribution in [1.82, 2.24) is 5.32 Å². The Kier molecular flexibility index (Phi) is 7.41. The number of carbonyl (C=O) groups is 2. The number of hydrogen-bond donors (Lipinski definition) is 3. The minimum atomic E-state index is -0.0767. The third kappa shape index (κ3) is 7.14. The largest absolute Gasteiger partial charge is 0.376 e. The lowest BCUT2D eigenvalue weighted by Gasteiger charge is -2.09. The monoisotopic (exact) mass is 387 g/mol. The Morgan fingerprint density at radius 2 is 1.24 bits per heavy atom. The molecule has 5 heteroatoms. The molecule has 0 atom stereocenters. The first-order valence-electron chi connectivity index (χ1n) is 9.67. The molecular weight excluding hydrogens is 362 g/mol. The van der Waals surface area contributed by atoms with Gasteiger partial charge in [0.1, 0.15) is 0 Å². The number of rotatable bonds is 9. The van der Waals surface area contributed by atoms with Crippen molar-refractivity contribution in [1.29, 1.82) is 0 Å². The SMILES string of the molecule is O=C(CNc1ccc(NC(=O)CCc2ccccc2)cc1)NCc1ccccc1. The van der Waals surface area contributed by atoms with Gasteiger partial charge in [0.05, 0.1) is 6.54 Å². The van der Waals surface area contributed by atoms with E-state index in [4.69, 9.17) is 0 Å². The summed E-state index contributed by atoms with van der Waals surface area (Å²) in [5.41, 5.74) is 3.77. The number of anilines is 2. The summed E-state index contributed by atoms with van der Waals surface area (Å²) in [5, 5.41) is 8.86. The summed E-state index contributed by atoms with van der Waals surface area (Å²) >= 11 is 0. The standard InChI is InChI=1S/C24H25N3O2/c28-23(16-11-19-7-3-1-4-8-19)27-22-14-12-21(13-15-22)25-18-24(29)26-17-20-9-5-2-6-10-20/h1-10,12-15,25H,11,16-18H2,(H,26,29)(H,27,28). The van der Waals surface area contributed by atoms with Crippen LogP contribution < -0.4 is 16.0 Å². The van der Waals surface area contributed by atoms with E-state index in [2.05, 4.69) is 16.0 Å². The minimum absolute atomic E-state index is 0.0187. The van der Waals surface area contributed by atoms with Crippen molar-refractivity contribution in [3.8, 4) is 0 Å². The van der Waals surface area contributed by atoms with E-state index < -0.39 is 0 Å². The van der Waals surface area contributed by atoms with Gasteiger partial charge in [0.2, 0.25) is 11.8 Å². The number of hydrogen-bond acceptors (Lipinski definition) is 3. The predicted molar refractivity (Wildman–Crippen MR) is 117 cm³/mol. The second-order valence-electron chi connectivity index (χ2n) is 6.73. The van der Waals surface area contributed by atoms with Crippen LogP contribution in [0.5, 0.6) is 0 Å². The fourth-order valence-electron chi connectivity index (χ4n) is 2.84. The molecule has 3 aromatic carbocycles. The maximum absolute atomic E-state index is 12.1. The zero-order valence-corrected chi connectivity index (χ0v) is 16.2. The van der Waals surface area contributed by atoms with Crippen LogP contribution in [0.25, 0.3) is 0 Å². The highest BCUT2D eigenvalue weighted by atomic mass is 16.2. The first kappa shape index (κ1) is 20.1. The van der Waals surface area contributed by atoms with Crippen LogP contribution in [0, 0.1) is 0 Å². The molecule has 2 amide bonds. The smallest absolute Gasteiger partial charge is 0.239 e. The van der Waals surface area contributed by atoms with Crippen LogP contribution >= 0.6 is 0 Å². The van der Waals surface area contributed by atoms with Crippen molar-refractivity contribution < 1.29 is 9.59 Å². The van der Waals surface area contributed by atoms with Gasteiger partial charge in [0.15, 0.2) is 0 Å². The third-order valence-corrected chi connectivity index (χ3v) is 4.44. The predicted octanol–water partition coefficient (Wildman–Crippen LogP) is 3.99. The number of nitrogens with one attached hydrogen (secondary N) is 3. The Morgan fingerprint density at radius 3 is 1.90 bits per heavy atom. The van der Waals surface area contributed by atoms with E-state index in [1.54, 1.807) is 0 Å². The topological polar surface area (TPSA) is 70.2 Å². The second-order valence-corrected chi connectivity index (χ2v) is 6.73. The summed E-state index contributed by atoms with van der Waals surface area (Å²) < 4.78 is 0. The van der Waals surface area contributed by atoms with Gasteiger partial charge in [0, 0.05) is 24.3 Å². The highest BCUT2D eigenvalue weighted by Gasteiger charge is 2.04. The molecule has 148 valence electrons. The van der Waals surface area contributed by atoms with Crippen LogP contribution in [0.3, 0.4) is 0 Å². The van der Waals surface area contributed by atoms with Crippen LogP contribution in [0.2, 0.25) is 0 Å². The van der Waals surface area contributed by atoms with E-state index >= 15 is 0 Å². The Bertz CT molecular complexity index is 910. The van der Waals surface area contributed by atoms with Gasteiger partial charge in [-0.15, -0.1) is 0 Å². The van der Waals surface area contributed by atoms with Gasteiger partial charge < -0.3 is 16.0 Å². The Morgan fingerprint density at radius 1 is 0.655 bits per heavy atom. The molecule has 3 aromatic rings. The molecule has 0 heterocycles. The van der Waals surface area contributed by atoms with Crippen molar-refractivity contribution in [2.24, 2.45) is 0 Å². The Balaban J connectivity index is 1.38. The average molecular weight is 387 g/mol. The van der Waals surface area contributed by atoms with Gasteiger partial charge in [-0.1, -0.05) is 60.7 Å². The van der Waals surface area contributed by atoms with Crippen LogP contribution in [-0.2, 0) is 22.6 Å². The van der Waals surface area contributed by atoms with Crippen molar-refractivity contribution in [3.63, 3.8) is 0 Å². The summed E-state index contributed by atoms with van der Waals surface area (Å²) in [4.78, 5) is 24.1. The summed E-state index contributed by atoms with van der Waals surface area (Å²) in [6.45, 7) is 0.699. The molecule has 0 aliphatic heterocycles. The zero-order chi connectivity index (χ0) is 20.3. The highest BCUT2D eigenvalue weighted by Crippen LogP contribution is 2.14. The first-order valence-corrected chi connectivity index (χ1v) is 9.67. The molecule has 0 spiro atoms. The molecule has 0 saturated carbocycles. The van der Waals surface area contributed by atoms with Gasteiger partial charge >= 0.3 is 0 Å². The number of amides is 2. The summed E-state index contributed by atoms with van der Waals surface area (Å²) in [6.07, 6.45) is 1.15. The van der Waals surface area contributed by atoms with E-state index in [1.165, 1.54) is 0 Å². The van der Waals surface area contributed by atoms with Gasteiger partial charge in [0.25, 0.3) is 0 Å². The molecule has 0 saturated heterocycles. The zero-order valence-electron chi connectivity index (χ0n) is 16.2. The van der Waals surface area contributed by atoms with Gasteiger partial charge in [-0.25, -0.2) is 0 Å². The number of aryl methyl sites for hydroxylation is 1. The molecule has 0 aromatic heterocycles. The van der Waals surface area contributed by atoms with Crippen LogP contribution in [0.15, 0.2) is 84.9 Å². The van der Waals surface area contributed by atoms with Crippen LogP contribution in [-0.4, -0.2) is 18.4 Å². The molecule has 0 bridgehead atoms. The fourth-order valence-corrected chi connectivity index (χ4v) is 2.84. The molecule has 0 aliphatic rings. The van der Waals surface area contributed by atoms with E-state index in [0.717, 1.165) is 22.5 Å². The van der Waals surface area contributed by atoms with Gasteiger partial charge in [-0.3, -0.25) is 9.59 Å². The van der Waals surface area contributed by atoms with E-state index in [9.17, 15) is 9.59 Å². The number of benzene rings is 3. The normalized spacial score (nSPS) is 10.2. The van der Waals surface area contributed by atoms with Gasteiger partial charge in [-0.2, -0.15) is 0 Å². The number of carbonyl (C=O) groups excluding carboxylic acids is 2.